The van der Waals surface area contributed by atoms with Crippen molar-refractivity contribution in [2.24, 2.45) is 0 Å². The number of rotatable bonds is 6. The van der Waals surface area contributed by atoms with E-state index in [0.717, 1.165) is 46.3 Å². The lowest BCUT2D eigenvalue weighted by atomic mass is 9.80. The number of hydrogen-bond donors (Lipinski definition) is 2. The fraction of sp³-hybridized carbons (Fsp3) is 0.280. The van der Waals surface area contributed by atoms with E-state index in [-0.39, 0.29) is 12.0 Å². The quantitative estimate of drug-likeness (QED) is 0.473. The van der Waals surface area contributed by atoms with Crippen molar-refractivity contribution < 1.29 is 9.53 Å². The third-order valence-electron chi connectivity index (χ3n) is 5.94. The van der Waals surface area contributed by atoms with Gasteiger partial charge < -0.3 is 10.1 Å². The first-order valence-electron chi connectivity index (χ1n) is 10.8. The van der Waals surface area contributed by atoms with Crippen LogP contribution >= 0.6 is 0 Å². The third kappa shape index (κ3) is 4.19. The van der Waals surface area contributed by atoms with Crippen LogP contribution in [0.2, 0.25) is 0 Å². The van der Waals surface area contributed by atoms with Crippen LogP contribution in [0.25, 0.3) is 10.8 Å². The molecule has 0 aliphatic heterocycles. The fourth-order valence-electron chi connectivity index (χ4n) is 4.12. The molecule has 4 aromatic rings. The third-order valence-corrected chi connectivity index (χ3v) is 5.94. The van der Waals surface area contributed by atoms with Crippen LogP contribution in [0.4, 0.5) is 5.82 Å². The van der Waals surface area contributed by atoms with E-state index < -0.39 is 0 Å². The number of aryl methyl sites for hydroxylation is 2. The maximum Gasteiger partial charge on any atom is 0.235 e. The number of aromatic amines is 1. The molecule has 1 aliphatic carbocycles. The van der Waals surface area contributed by atoms with Crippen LogP contribution < -0.4 is 10.1 Å². The molecule has 0 radical (unpaired) electrons. The van der Waals surface area contributed by atoms with Gasteiger partial charge in [0.1, 0.15) is 6.10 Å². The Morgan fingerprint density at radius 3 is 2.84 bits per heavy atom. The second kappa shape index (κ2) is 8.42. The number of ether oxygens (including phenoxy) is 1. The molecule has 1 saturated carbocycles. The monoisotopic (exact) mass is 427 g/mol. The summed E-state index contributed by atoms with van der Waals surface area (Å²) in [6.45, 7) is 3.81. The number of benzene rings is 2. The number of H-pyrrole nitrogens is 1. The van der Waals surface area contributed by atoms with Gasteiger partial charge in [-0.2, -0.15) is 5.10 Å². The summed E-state index contributed by atoms with van der Waals surface area (Å²) >= 11 is 0. The number of anilines is 1. The van der Waals surface area contributed by atoms with E-state index in [9.17, 15) is 4.79 Å². The molecule has 1 fully saturated rings. The second-order valence-corrected chi connectivity index (χ2v) is 8.38. The molecule has 0 unspecified atom stereocenters. The minimum atomic E-state index is -0.0808. The average Bonchev–Trinajstić information content (AvgIpc) is 3.20. The Morgan fingerprint density at radius 2 is 1.97 bits per heavy atom. The highest BCUT2D eigenvalue weighted by atomic mass is 16.5. The Morgan fingerprint density at radius 1 is 1.16 bits per heavy atom. The van der Waals surface area contributed by atoms with Crippen molar-refractivity contribution >= 4 is 22.5 Å². The van der Waals surface area contributed by atoms with Gasteiger partial charge in [-0.1, -0.05) is 42.5 Å². The Labute approximate surface area is 186 Å². The maximum atomic E-state index is 12.6. The highest BCUT2D eigenvalue weighted by Crippen LogP contribution is 2.39. The molecular formula is C25H25N5O2. The van der Waals surface area contributed by atoms with E-state index in [4.69, 9.17) is 4.74 Å². The zero-order valence-corrected chi connectivity index (χ0v) is 18.1. The van der Waals surface area contributed by atoms with Gasteiger partial charge in [-0.25, -0.2) is 4.98 Å². The van der Waals surface area contributed by atoms with Gasteiger partial charge in [-0.05, 0) is 43.0 Å². The molecule has 0 spiro atoms. The van der Waals surface area contributed by atoms with Gasteiger partial charge in [0.05, 0.1) is 17.8 Å². The number of hydrogen-bond acceptors (Lipinski definition) is 5. The minimum Gasteiger partial charge on any atom is -0.473 e. The van der Waals surface area contributed by atoms with E-state index in [1.54, 1.807) is 6.20 Å². The number of carbonyl (C=O) groups excluding carboxylic acids is 1. The Kier molecular flexibility index (Phi) is 5.31. The number of carbonyl (C=O) groups is 1. The summed E-state index contributed by atoms with van der Waals surface area (Å²) in [5.74, 6) is 1.41. The van der Waals surface area contributed by atoms with Crippen molar-refractivity contribution in [1.29, 1.82) is 0 Å². The fourth-order valence-corrected chi connectivity index (χ4v) is 4.12. The van der Waals surface area contributed by atoms with Crippen molar-refractivity contribution in [2.75, 3.05) is 5.32 Å². The van der Waals surface area contributed by atoms with Gasteiger partial charge in [0, 0.05) is 23.9 Å². The average molecular weight is 428 g/mol. The van der Waals surface area contributed by atoms with Gasteiger partial charge in [0.25, 0.3) is 0 Å². The Bertz CT molecular complexity index is 1270. The SMILES string of the molecule is Cc1cnc(C)c(O[C@H]2C[C@@H](c3cc(NC(=O)Cc4cccc5ccccc45)n[nH]3)C2)n1. The molecule has 7 nitrogen and oxygen atoms in total. The highest BCUT2D eigenvalue weighted by Gasteiger charge is 2.34. The standard InChI is InChI=1S/C25H25N5O2/c1-15-14-26-16(2)25(27-15)32-20-10-19(11-20)22-13-23(30-29-22)28-24(31)12-18-8-5-7-17-6-3-4-9-21(17)18/h3-9,13-14,19-20H,10-12H2,1-2H3,(H2,28,29,30,31)/t19-,20+. The lowest BCUT2D eigenvalue weighted by Gasteiger charge is -2.34. The normalized spacial score (nSPS) is 17.7. The maximum absolute atomic E-state index is 12.6. The van der Waals surface area contributed by atoms with Crippen LogP contribution in [0.5, 0.6) is 5.88 Å². The van der Waals surface area contributed by atoms with Crippen LogP contribution in [-0.4, -0.2) is 32.2 Å². The first-order valence-corrected chi connectivity index (χ1v) is 10.8. The molecular weight excluding hydrogens is 402 g/mol. The van der Waals surface area contributed by atoms with Crippen LogP contribution in [0.1, 0.15) is 41.4 Å². The molecule has 1 amide bonds. The van der Waals surface area contributed by atoms with Gasteiger partial charge in [-0.15, -0.1) is 0 Å². The molecule has 0 bridgehead atoms. The molecule has 2 N–H and O–H groups in total. The van der Waals surface area contributed by atoms with Crippen LogP contribution in [0, 0.1) is 13.8 Å². The van der Waals surface area contributed by atoms with Crippen molar-refractivity contribution in [2.45, 2.75) is 45.1 Å². The van der Waals surface area contributed by atoms with E-state index in [1.165, 1.54) is 0 Å². The summed E-state index contributed by atoms with van der Waals surface area (Å²) in [5, 5.41) is 12.5. The summed E-state index contributed by atoms with van der Waals surface area (Å²) in [6, 6.07) is 16.0. The van der Waals surface area contributed by atoms with Crippen LogP contribution in [-0.2, 0) is 11.2 Å². The predicted molar refractivity (Wildman–Crippen MR) is 123 cm³/mol. The zero-order chi connectivity index (χ0) is 22.1. The molecule has 2 aromatic heterocycles. The number of fused-ring (bicyclic) bond motifs is 1. The summed E-state index contributed by atoms with van der Waals surface area (Å²) in [6.07, 6.45) is 3.91. The van der Waals surface area contributed by atoms with Crippen molar-refractivity contribution in [3.05, 3.63) is 77.4 Å². The predicted octanol–water partition coefficient (Wildman–Crippen LogP) is 4.48. The number of aromatic nitrogens is 4. The first-order chi connectivity index (χ1) is 15.5. The number of nitrogens with one attached hydrogen (secondary N) is 2. The van der Waals surface area contributed by atoms with Crippen molar-refractivity contribution in [1.82, 2.24) is 20.2 Å². The van der Waals surface area contributed by atoms with E-state index in [1.807, 2.05) is 50.2 Å². The number of amides is 1. The topological polar surface area (TPSA) is 92.8 Å². The van der Waals surface area contributed by atoms with Crippen LogP contribution in [0.3, 0.4) is 0 Å². The van der Waals surface area contributed by atoms with Crippen molar-refractivity contribution in [3.63, 3.8) is 0 Å². The van der Waals surface area contributed by atoms with Gasteiger partial charge in [-0.3, -0.25) is 14.9 Å². The molecule has 1 aliphatic rings. The Balaban J connectivity index is 1.17. The molecule has 162 valence electrons. The van der Waals surface area contributed by atoms with Gasteiger partial charge in [0.15, 0.2) is 5.82 Å². The van der Waals surface area contributed by atoms with Gasteiger partial charge in [0.2, 0.25) is 11.8 Å². The highest BCUT2D eigenvalue weighted by molar-refractivity contribution is 5.95. The molecule has 2 aromatic carbocycles. The number of nitrogens with zero attached hydrogens (tertiary/aromatic N) is 3. The molecule has 0 atom stereocenters. The summed E-state index contributed by atoms with van der Waals surface area (Å²) in [5.41, 5.74) is 3.66. The van der Waals surface area contributed by atoms with Crippen molar-refractivity contribution in [3.8, 4) is 5.88 Å². The van der Waals surface area contributed by atoms with Crippen LogP contribution in [0.15, 0.2) is 54.7 Å². The summed E-state index contributed by atoms with van der Waals surface area (Å²) < 4.78 is 6.01. The van der Waals surface area contributed by atoms with E-state index in [0.29, 0.717) is 24.0 Å². The second-order valence-electron chi connectivity index (χ2n) is 8.38. The molecule has 2 heterocycles. The summed E-state index contributed by atoms with van der Waals surface area (Å²) in [7, 11) is 0. The van der Waals surface area contributed by atoms with E-state index in [2.05, 4.69) is 37.6 Å². The lowest BCUT2D eigenvalue weighted by molar-refractivity contribution is -0.115. The largest absolute Gasteiger partial charge is 0.473 e. The van der Waals surface area contributed by atoms with E-state index >= 15 is 0 Å². The minimum absolute atomic E-state index is 0.0808. The molecule has 7 heteroatoms. The first kappa shape index (κ1) is 20.2. The zero-order valence-electron chi connectivity index (χ0n) is 18.1. The smallest absolute Gasteiger partial charge is 0.235 e. The molecule has 0 saturated heterocycles. The Hall–Kier alpha value is -3.74. The molecule has 32 heavy (non-hydrogen) atoms. The summed E-state index contributed by atoms with van der Waals surface area (Å²) in [4.78, 5) is 21.3. The lowest BCUT2D eigenvalue weighted by Crippen LogP contribution is -2.33. The molecule has 5 rings (SSSR count). The van der Waals surface area contributed by atoms with Gasteiger partial charge >= 0.3 is 0 Å².